The summed E-state index contributed by atoms with van der Waals surface area (Å²) in [7, 11) is 0. The van der Waals surface area contributed by atoms with Crippen molar-refractivity contribution >= 4 is 5.84 Å². The molecule has 0 amide bonds. The third kappa shape index (κ3) is 2.43. The minimum Gasteiger partial charge on any atom is -0.409 e. The van der Waals surface area contributed by atoms with E-state index in [4.69, 9.17) is 10.9 Å². The molecule has 0 heterocycles. The van der Waals surface area contributed by atoms with Gasteiger partial charge in [0, 0.05) is 12.0 Å². The Kier molecular flexibility index (Phi) is 3.25. The van der Waals surface area contributed by atoms with Crippen molar-refractivity contribution in [2.75, 3.05) is 6.67 Å². The quantitative estimate of drug-likeness (QED) is 0.319. The van der Waals surface area contributed by atoms with Crippen LogP contribution in [0.1, 0.15) is 11.1 Å². The Bertz CT molecular complexity index is 295. The summed E-state index contributed by atoms with van der Waals surface area (Å²) in [6.45, 7) is -0.497. The second kappa shape index (κ2) is 4.45. The minimum absolute atomic E-state index is 0.0480. The monoisotopic (exact) mass is 181 g/mol. The molecule has 0 fully saturated rings. The summed E-state index contributed by atoms with van der Waals surface area (Å²) >= 11 is 0. The first-order valence-electron chi connectivity index (χ1n) is 3.75. The highest BCUT2D eigenvalue weighted by Crippen LogP contribution is 2.06. The molecule has 0 bridgehead atoms. The lowest BCUT2D eigenvalue weighted by molar-refractivity contribution is 0.318. The molecule has 0 aliphatic heterocycles. The smallest absolute Gasteiger partial charge is 0.170 e. The minimum atomic E-state index is -0.497. The zero-order valence-electron chi connectivity index (χ0n) is 6.94. The largest absolute Gasteiger partial charge is 0.409 e. The van der Waals surface area contributed by atoms with Gasteiger partial charge in [0.25, 0.3) is 0 Å². The predicted octanol–water partition coefficient (Wildman–Crippen LogP) is 1.30. The van der Waals surface area contributed by atoms with Crippen molar-refractivity contribution in [1.82, 2.24) is 0 Å². The second-order valence-electron chi connectivity index (χ2n) is 2.47. The van der Waals surface area contributed by atoms with E-state index in [1.54, 1.807) is 24.3 Å². The molecule has 4 heteroatoms. The Labute approximate surface area is 75.7 Å². The molecule has 3 N–H and O–H groups in total. The lowest BCUT2D eigenvalue weighted by Gasteiger charge is -1.99. The lowest BCUT2D eigenvalue weighted by atomic mass is 10.1. The van der Waals surface area contributed by atoms with Crippen molar-refractivity contribution in [3.63, 3.8) is 0 Å². The summed E-state index contributed by atoms with van der Waals surface area (Å²) in [4.78, 5) is 0. The zero-order chi connectivity index (χ0) is 9.68. The first kappa shape index (κ1) is 9.51. The predicted molar refractivity (Wildman–Crippen MR) is 48.3 cm³/mol. The van der Waals surface area contributed by atoms with Crippen LogP contribution in [0.5, 0.6) is 0 Å². The number of oxime groups is 1. The summed E-state index contributed by atoms with van der Waals surface area (Å²) in [5.41, 5.74) is 6.72. The Hall–Kier alpha value is -1.58. The Balaban J connectivity index is 2.81. The molecule has 1 radical (unpaired) electrons. The van der Waals surface area contributed by atoms with Gasteiger partial charge in [-0.1, -0.05) is 29.4 Å². The molecular formula is C9H10FN2O. The number of hydrogen-bond acceptors (Lipinski definition) is 2. The normalized spacial score (nSPS) is 11.6. The molecule has 0 aromatic heterocycles. The number of hydrogen-bond donors (Lipinski definition) is 2. The van der Waals surface area contributed by atoms with Gasteiger partial charge in [-0.15, -0.1) is 0 Å². The molecule has 0 aliphatic rings. The molecule has 0 saturated carbocycles. The van der Waals surface area contributed by atoms with Gasteiger partial charge in [0.15, 0.2) is 5.84 Å². The SMILES string of the molecule is NC(=NO)c1ccc([CH]CF)cc1. The Morgan fingerprint density at radius 2 is 2.08 bits per heavy atom. The zero-order valence-corrected chi connectivity index (χ0v) is 6.94. The van der Waals surface area contributed by atoms with Gasteiger partial charge in [0.05, 0.1) is 6.67 Å². The number of rotatable bonds is 3. The third-order valence-electron chi connectivity index (χ3n) is 1.63. The van der Waals surface area contributed by atoms with E-state index >= 15 is 0 Å². The molecule has 3 nitrogen and oxygen atoms in total. The van der Waals surface area contributed by atoms with Crippen LogP contribution < -0.4 is 5.73 Å². The third-order valence-corrected chi connectivity index (χ3v) is 1.63. The fraction of sp³-hybridized carbons (Fsp3) is 0.111. The van der Waals surface area contributed by atoms with Gasteiger partial charge < -0.3 is 10.9 Å². The van der Waals surface area contributed by atoms with Crippen LogP contribution in [-0.2, 0) is 0 Å². The number of alkyl halides is 1. The van der Waals surface area contributed by atoms with E-state index in [2.05, 4.69) is 5.16 Å². The van der Waals surface area contributed by atoms with Crippen LogP contribution in [0.3, 0.4) is 0 Å². The van der Waals surface area contributed by atoms with Gasteiger partial charge in [0.2, 0.25) is 0 Å². The Morgan fingerprint density at radius 1 is 1.46 bits per heavy atom. The first-order valence-corrected chi connectivity index (χ1v) is 3.75. The number of nitrogens with zero attached hydrogens (tertiary/aromatic N) is 1. The molecular weight excluding hydrogens is 171 g/mol. The molecule has 1 aromatic carbocycles. The number of nitrogens with two attached hydrogens (primary N) is 1. The highest BCUT2D eigenvalue weighted by Gasteiger charge is 1.98. The summed E-state index contributed by atoms with van der Waals surface area (Å²) in [6, 6.07) is 6.73. The Morgan fingerprint density at radius 3 is 2.54 bits per heavy atom. The summed E-state index contributed by atoms with van der Waals surface area (Å²) in [6.07, 6.45) is 1.44. The van der Waals surface area contributed by atoms with Gasteiger partial charge in [-0.3, -0.25) is 4.39 Å². The van der Waals surface area contributed by atoms with Crippen LogP contribution in [0.25, 0.3) is 0 Å². The fourth-order valence-corrected chi connectivity index (χ4v) is 0.937. The summed E-state index contributed by atoms with van der Waals surface area (Å²) in [5, 5.41) is 11.2. The highest BCUT2D eigenvalue weighted by molar-refractivity contribution is 5.96. The van der Waals surface area contributed by atoms with Gasteiger partial charge in [-0.25, -0.2) is 0 Å². The van der Waals surface area contributed by atoms with Gasteiger partial charge in [-0.2, -0.15) is 0 Å². The number of halogens is 1. The van der Waals surface area contributed by atoms with Crippen LogP contribution >= 0.6 is 0 Å². The number of amidine groups is 1. The molecule has 0 spiro atoms. The standard InChI is InChI=1S/C9H10FN2O/c10-6-5-7-1-3-8(4-2-7)9(11)12-13/h1-5,13H,6H2,(H2,11,12). The average Bonchev–Trinajstić information content (AvgIpc) is 2.18. The van der Waals surface area contributed by atoms with Crippen LogP contribution in [0.4, 0.5) is 4.39 Å². The van der Waals surface area contributed by atoms with Crippen LogP contribution in [0.2, 0.25) is 0 Å². The van der Waals surface area contributed by atoms with E-state index < -0.39 is 6.67 Å². The molecule has 0 unspecified atom stereocenters. The highest BCUT2D eigenvalue weighted by atomic mass is 19.1. The van der Waals surface area contributed by atoms with Crippen molar-refractivity contribution in [1.29, 1.82) is 0 Å². The van der Waals surface area contributed by atoms with Crippen molar-refractivity contribution in [3.05, 3.63) is 41.8 Å². The van der Waals surface area contributed by atoms with Crippen molar-refractivity contribution in [2.45, 2.75) is 0 Å². The van der Waals surface area contributed by atoms with Crippen LogP contribution in [0, 0.1) is 6.42 Å². The molecule has 69 valence electrons. The van der Waals surface area contributed by atoms with E-state index in [0.29, 0.717) is 5.56 Å². The van der Waals surface area contributed by atoms with E-state index in [9.17, 15) is 4.39 Å². The van der Waals surface area contributed by atoms with E-state index in [1.165, 1.54) is 6.42 Å². The van der Waals surface area contributed by atoms with E-state index in [1.807, 2.05) is 0 Å². The topological polar surface area (TPSA) is 58.6 Å². The van der Waals surface area contributed by atoms with Crippen molar-refractivity contribution in [2.24, 2.45) is 10.9 Å². The fourth-order valence-electron chi connectivity index (χ4n) is 0.937. The van der Waals surface area contributed by atoms with E-state index in [0.717, 1.165) is 5.56 Å². The van der Waals surface area contributed by atoms with Crippen molar-refractivity contribution in [3.8, 4) is 0 Å². The first-order chi connectivity index (χ1) is 6.27. The molecule has 0 atom stereocenters. The van der Waals surface area contributed by atoms with Gasteiger partial charge >= 0.3 is 0 Å². The molecule has 0 saturated heterocycles. The maximum absolute atomic E-state index is 11.9. The van der Waals surface area contributed by atoms with Crippen LogP contribution in [0.15, 0.2) is 29.4 Å². The summed E-state index contributed by atoms with van der Waals surface area (Å²) in [5.74, 6) is 0.0480. The van der Waals surface area contributed by atoms with Crippen LogP contribution in [-0.4, -0.2) is 17.7 Å². The molecule has 0 aliphatic carbocycles. The van der Waals surface area contributed by atoms with E-state index in [-0.39, 0.29) is 5.84 Å². The maximum atomic E-state index is 11.9. The summed E-state index contributed by atoms with van der Waals surface area (Å²) < 4.78 is 11.9. The molecule has 13 heavy (non-hydrogen) atoms. The maximum Gasteiger partial charge on any atom is 0.170 e. The average molecular weight is 181 g/mol. The van der Waals surface area contributed by atoms with Gasteiger partial charge in [-0.05, 0) is 5.56 Å². The van der Waals surface area contributed by atoms with Crippen molar-refractivity contribution < 1.29 is 9.60 Å². The number of benzene rings is 1. The van der Waals surface area contributed by atoms with Gasteiger partial charge in [0.1, 0.15) is 0 Å². The molecule has 1 aromatic rings. The second-order valence-corrected chi connectivity index (χ2v) is 2.47. The molecule has 1 rings (SSSR count). The lowest BCUT2D eigenvalue weighted by Crippen LogP contribution is -2.12.